The van der Waals surface area contributed by atoms with E-state index in [9.17, 15) is 0 Å². The van der Waals surface area contributed by atoms with Crippen molar-refractivity contribution in [2.75, 3.05) is 0 Å². The van der Waals surface area contributed by atoms with E-state index in [1.807, 2.05) is 25.1 Å². The molecule has 0 spiro atoms. The van der Waals surface area contributed by atoms with Crippen LogP contribution >= 0.6 is 0 Å². The zero-order chi connectivity index (χ0) is 22.5. The van der Waals surface area contributed by atoms with Crippen LogP contribution in [-0.4, -0.2) is 0 Å². The Morgan fingerprint density at radius 3 is 2.19 bits per heavy atom. The van der Waals surface area contributed by atoms with Gasteiger partial charge in [-0.05, 0) is 43.0 Å². The maximum Gasteiger partial charge on any atom is 0.222 e. The second kappa shape index (κ2) is 6.15. The van der Waals surface area contributed by atoms with E-state index in [-0.39, 0.29) is 22.6 Å². The van der Waals surface area contributed by atoms with Crippen molar-refractivity contribution in [2.24, 2.45) is 0 Å². The molecule has 3 heteroatoms. The van der Waals surface area contributed by atoms with Crippen molar-refractivity contribution < 1.29 is 13.3 Å². The molecule has 1 aliphatic heterocycles. The smallest absolute Gasteiger partial charge is 0.207 e. The van der Waals surface area contributed by atoms with E-state index in [1.54, 1.807) is 6.07 Å². The highest BCUT2D eigenvalue weighted by Gasteiger charge is 2.61. The van der Waals surface area contributed by atoms with Gasteiger partial charge in [-0.3, -0.25) is 0 Å². The second-order valence-corrected chi connectivity index (χ2v) is 10.3. The van der Waals surface area contributed by atoms with Crippen LogP contribution in [0.15, 0.2) is 30.5 Å². The van der Waals surface area contributed by atoms with Crippen LogP contribution in [0.5, 0.6) is 0 Å². The highest BCUT2D eigenvalue weighted by Crippen LogP contribution is 2.58. The van der Waals surface area contributed by atoms with E-state index in [1.165, 1.54) is 5.56 Å². The van der Waals surface area contributed by atoms with E-state index in [2.05, 4.69) is 52.3 Å². The predicted octanol–water partition coefficient (Wildman–Crippen LogP) is 7.22. The Bertz CT molecular complexity index is 1270. The van der Waals surface area contributed by atoms with Crippen LogP contribution in [0.1, 0.15) is 83.1 Å². The minimum absolute atomic E-state index is 0.156. The van der Waals surface area contributed by atoms with Crippen molar-refractivity contribution in [1.82, 2.24) is 0 Å². The Morgan fingerprint density at radius 2 is 1.58 bits per heavy atom. The van der Waals surface area contributed by atoms with Crippen molar-refractivity contribution in [3.8, 4) is 11.3 Å². The summed E-state index contributed by atoms with van der Waals surface area (Å²) >= 11 is 0. The third kappa shape index (κ3) is 2.09. The lowest BCUT2D eigenvalue weighted by molar-refractivity contribution is -0.768. The minimum Gasteiger partial charge on any atom is -0.207 e. The van der Waals surface area contributed by atoms with Gasteiger partial charge >= 0.3 is 0 Å². The molecule has 0 saturated carbocycles. The van der Waals surface area contributed by atoms with E-state index < -0.39 is 5.41 Å². The summed E-state index contributed by atoms with van der Waals surface area (Å²) in [5.74, 6) is -0.333. The van der Waals surface area contributed by atoms with Gasteiger partial charge in [0.05, 0.1) is 16.4 Å². The van der Waals surface area contributed by atoms with Gasteiger partial charge in [-0.15, -0.1) is 0 Å². The third-order valence-corrected chi connectivity index (χ3v) is 9.00. The van der Waals surface area contributed by atoms with Gasteiger partial charge in [-0.1, -0.05) is 46.8 Å². The Labute approximate surface area is 184 Å². The first-order valence-electron chi connectivity index (χ1n) is 11.6. The van der Waals surface area contributed by atoms with Crippen LogP contribution in [0.25, 0.3) is 22.0 Å². The van der Waals surface area contributed by atoms with Crippen molar-refractivity contribution in [3.05, 3.63) is 64.4 Å². The molecule has 0 N–H and O–H groups in total. The summed E-state index contributed by atoms with van der Waals surface area (Å²) in [6.07, 6.45) is 4.93. The molecular weight excluding hydrogens is 388 g/mol. The van der Waals surface area contributed by atoms with Crippen LogP contribution in [0, 0.1) is 18.6 Å². The molecule has 0 amide bonds. The molecular formula is C28H32F2N+. The first-order valence-corrected chi connectivity index (χ1v) is 11.6. The number of aromatic nitrogens is 1. The normalized spacial score (nSPS) is 22.1. The topological polar surface area (TPSA) is 3.88 Å². The molecule has 1 nitrogen and oxygen atoms in total. The quantitative estimate of drug-likeness (QED) is 0.394. The van der Waals surface area contributed by atoms with Gasteiger partial charge in [-0.2, -0.15) is 4.57 Å². The third-order valence-electron chi connectivity index (χ3n) is 9.00. The van der Waals surface area contributed by atoms with E-state index in [0.717, 1.165) is 47.0 Å². The van der Waals surface area contributed by atoms with Gasteiger partial charge in [0, 0.05) is 35.3 Å². The summed E-state index contributed by atoms with van der Waals surface area (Å²) in [4.78, 5) is 0. The maximum atomic E-state index is 15.6. The average Bonchev–Trinajstić information content (AvgIpc) is 2.75. The molecule has 0 saturated heterocycles. The SMILES string of the molecule is CCC1(C)c2ccc(F)c3c2-c2c4c(cc(C)c(F)c4cc[n+]2C1(CC)CC)C3(C)C. The van der Waals surface area contributed by atoms with Gasteiger partial charge in [-0.25, -0.2) is 8.78 Å². The molecule has 2 heterocycles. The molecule has 0 radical (unpaired) electrons. The summed E-state index contributed by atoms with van der Waals surface area (Å²) in [5.41, 5.74) is 4.74. The Morgan fingerprint density at radius 1 is 0.903 bits per heavy atom. The number of halogens is 2. The molecule has 3 aromatic rings. The molecule has 2 aliphatic rings. The minimum atomic E-state index is -0.550. The lowest BCUT2D eigenvalue weighted by Gasteiger charge is -2.50. The number of benzene rings is 2. The Kier molecular flexibility index (Phi) is 4.09. The fourth-order valence-corrected chi connectivity index (χ4v) is 7.11. The molecule has 5 rings (SSSR count). The maximum absolute atomic E-state index is 15.6. The molecule has 31 heavy (non-hydrogen) atoms. The van der Waals surface area contributed by atoms with E-state index in [4.69, 9.17) is 0 Å². The Hall–Kier alpha value is -2.29. The molecule has 0 fully saturated rings. The lowest BCUT2D eigenvalue weighted by Crippen LogP contribution is -2.69. The van der Waals surface area contributed by atoms with Crippen LogP contribution in [0.2, 0.25) is 0 Å². The first kappa shape index (κ1) is 20.6. The van der Waals surface area contributed by atoms with Crippen molar-refractivity contribution >= 4 is 10.8 Å². The fraction of sp³-hybridized carbons (Fsp3) is 0.464. The number of nitrogens with zero attached hydrogens (tertiary/aromatic N) is 1. The largest absolute Gasteiger partial charge is 0.222 e. The van der Waals surface area contributed by atoms with Crippen molar-refractivity contribution in [3.63, 3.8) is 0 Å². The van der Waals surface area contributed by atoms with Gasteiger partial charge in [0.25, 0.3) is 0 Å². The molecule has 1 aliphatic carbocycles. The molecule has 1 atom stereocenters. The highest BCUT2D eigenvalue weighted by atomic mass is 19.1. The van der Waals surface area contributed by atoms with Crippen LogP contribution < -0.4 is 4.57 Å². The summed E-state index contributed by atoms with van der Waals surface area (Å²) in [6, 6.07) is 7.57. The Balaban J connectivity index is 2.14. The highest BCUT2D eigenvalue weighted by molar-refractivity contribution is 6.02. The van der Waals surface area contributed by atoms with Gasteiger partial charge in [0.1, 0.15) is 11.6 Å². The summed E-state index contributed by atoms with van der Waals surface area (Å²) in [5, 5.41) is 1.61. The fourth-order valence-electron chi connectivity index (χ4n) is 7.11. The number of hydrogen-bond acceptors (Lipinski definition) is 0. The van der Waals surface area contributed by atoms with E-state index in [0.29, 0.717) is 10.9 Å². The first-order chi connectivity index (χ1) is 14.6. The molecule has 1 unspecified atom stereocenters. The summed E-state index contributed by atoms with van der Waals surface area (Å²) in [7, 11) is 0. The second-order valence-electron chi connectivity index (χ2n) is 10.3. The molecule has 2 aromatic carbocycles. The zero-order valence-electron chi connectivity index (χ0n) is 19.7. The van der Waals surface area contributed by atoms with Crippen LogP contribution in [0.4, 0.5) is 8.78 Å². The zero-order valence-corrected chi connectivity index (χ0v) is 19.7. The lowest BCUT2D eigenvalue weighted by atomic mass is 9.55. The summed E-state index contributed by atoms with van der Waals surface area (Å²) in [6.45, 7) is 15.1. The number of rotatable bonds is 3. The average molecular weight is 421 g/mol. The van der Waals surface area contributed by atoms with Gasteiger partial charge in [0.2, 0.25) is 5.69 Å². The van der Waals surface area contributed by atoms with Crippen molar-refractivity contribution in [1.29, 1.82) is 0 Å². The van der Waals surface area contributed by atoms with E-state index >= 15 is 8.78 Å². The van der Waals surface area contributed by atoms with Gasteiger partial charge in [0.15, 0.2) is 11.7 Å². The summed E-state index contributed by atoms with van der Waals surface area (Å²) < 4.78 is 33.3. The molecule has 0 bridgehead atoms. The van der Waals surface area contributed by atoms with Crippen molar-refractivity contribution in [2.45, 2.75) is 84.1 Å². The number of pyridine rings is 1. The predicted molar refractivity (Wildman–Crippen MR) is 123 cm³/mol. The van der Waals surface area contributed by atoms with Crippen LogP contribution in [0.3, 0.4) is 0 Å². The standard InChI is InChI=1S/C28H32F2N/c1-8-27(7)18-11-12-20(29)23-22(18)25-21-17(13-14-31(25)28(27,9-2)10-3)24(30)16(4)15-19(21)26(23,5)6/h11-15H,8-10H2,1-7H3/q+1. The number of aryl methyl sites for hydroxylation is 1. The molecule has 162 valence electrons. The van der Waals surface area contributed by atoms with Gasteiger partial charge < -0.3 is 0 Å². The number of hydrogen-bond donors (Lipinski definition) is 0. The molecule has 1 aromatic heterocycles. The monoisotopic (exact) mass is 420 g/mol. The van der Waals surface area contributed by atoms with Crippen LogP contribution in [-0.2, 0) is 16.4 Å².